The van der Waals surface area contributed by atoms with E-state index in [1.54, 1.807) is 18.5 Å². The van der Waals surface area contributed by atoms with Crippen molar-refractivity contribution in [3.8, 4) is 0 Å². The van der Waals surface area contributed by atoms with E-state index in [9.17, 15) is 5.11 Å². The Kier molecular flexibility index (Phi) is 2.49. The zero-order valence-electron chi connectivity index (χ0n) is 9.24. The van der Waals surface area contributed by atoms with Gasteiger partial charge in [-0.25, -0.2) is 9.97 Å². The maximum atomic E-state index is 10.1. The molecule has 1 aliphatic carbocycles. The number of anilines is 1. The van der Waals surface area contributed by atoms with Crippen molar-refractivity contribution in [2.75, 3.05) is 5.32 Å². The zero-order valence-corrected chi connectivity index (χ0v) is 9.24. The summed E-state index contributed by atoms with van der Waals surface area (Å²) in [5.74, 6) is 0.549. The molecule has 0 amide bonds. The highest BCUT2D eigenvalue weighted by Gasteiger charge is 2.30. The van der Waals surface area contributed by atoms with Crippen molar-refractivity contribution in [2.24, 2.45) is 0 Å². The lowest BCUT2D eigenvalue weighted by Crippen LogP contribution is -2.22. The van der Waals surface area contributed by atoms with E-state index in [1.165, 1.54) is 5.56 Å². The van der Waals surface area contributed by atoms with Crippen molar-refractivity contribution in [2.45, 2.75) is 18.6 Å². The molecule has 1 heterocycles. The number of aliphatic hydroxyl groups excluding tert-OH is 1. The standard InChI is InChI=1S/C13H13N3O/c17-11-8-9-4-1-2-5-10(9)12(11)16-13-14-6-3-7-15-13/h1-7,11-12,17H,8H2,(H,14,15,16)/t11-,12+/m1/s1. The fourth-order valence-electron chi connectivity index (χ4n) is 2.26. The molecule has 2 N–H and O–H groups in total. The molecule has 1 aromatic carbocycles. The minimum atomic E-state index is -0.420. The van der Waals surface area contributed by atoms with E-state index in [-0.39, 0.29) is 6.04 Å². The van der Waals surface area contributed by atoms with Gasteiger partial charge in [-0.15, -0.1) is 0 Å². The van der Waals surface area contributed by atoms with Crippen LogP contribution >= 0.6 is 0 Å². The van der Waals surface area contributed by atoms with Gasteiger partial charge in [0.25, 0.3) is 0 Å². The van der Waals surface area contributed by atoms with Crippen LogP contribution in [0.2, 0.25) is 0 Å². The Labute approximate surface area is 99.4 Å². The molecule has 4 heteroatoms. The average Bonchev–Trinajstić information content (AvgIpc) is 2.68. The first-order valence-corrected chi connectivity index (χ1v) is 5.64. The van der Waals surface area contributed by atoms with Gasteiger partial charge in [0.15, 0.2) is 0 Å². The second-order valence-corrected chi connectivity index (χ2v) is 4.16. The fourth-order valence-corrected chi connectivity index (χ4v) is 2.26. The number of hydrogen-bond acceptors (Lipinski definition) is 4. The molecule has 3 rings (SSSR count). The van der Waals surface area contributed by atoms with Gasteiger partial charge >= 0.3 is 0 Å². The summed E-state index contributed by atoms with van der Waals surface area (Å²) in [5.41, 5.74) is 2.32. The molecular weight excluding hydrogens is 214 g/mol. The predicted molar refractivity (Wildman–Crippen MR) is 64.5 cm³/mol. The molecular formula is C13H13N3O. The van der Waals surface area contributed by atoms with Crippen LogP contribution in [0.3, 0.4) is 0 Å². The van der Waals surface area contributed by atoms with E-state index in [1.807, 2.05) is 24.3 Å². The molecule has 17 heavy (non-hydrogen) atoms. The Bertz CT molecular complexity index is 515. The third-order valence-corrected chi connectivity index (χ3v) is 3.05. The molecule has 0 aliphatic heterocycles. The second kappa shape index (κ2) is 4.14. The summed E-state index contributed by atoms with van der Waals surface area (Å²) < 4.78 is 0. The molecule has 2 aromatic rings. The molecule has 0 radical (unpaired) electrons. The molecule has 1 aromatic heterocycles. The summed E-state index contributed by atoms with van der Waals surface area (Å²) in [4.78, 5) is 8.23. The number of fused-ring (bicyclic) bond motifs is 1. The van der Waals surface area contributed by atoms with Crippen LogP contribution in [0.1, 0.15) is 17.2 Å². The van der Waals surface area contributed by atoms with Gasteiger partial charge in [-0.1, -0.05) is 24.3 Å². The van der Waals surface area contributed by atoms with Crippen molar-refractivity contribution in [3.63, 3.8) is 0 Å². The van der Waals surface area contributed by atoms with E-state index >= 15 is 0 Å². The van der Waals surface area contributed by atoms with Crippen LogP contribution in [0.5, 0.6) is 0 Å². The van der Waals surface area contributed by atoms with Gasteiger partial charge in [-0.3, -0.25) is 0 Å². The molecule has 2 atom stereocenters. The Balaban J connectivity index is 1.89. The quantitative estimate of drug-likeness (QED) is 0.817. The smallest absolute Gasteiger partial charge is 0.223 e. The van der Waals surface area contributed by atoms with Gasteiger partial charge in [0.05, 0.1) is 12.1 Å². The van der Waals surface area contributed by atoms with Crippen molar-refractivity contribution in [1.82, 2.24) is 9.97 Å². The molecule has 86 valence electrons. The van der Waals surface area contributed by atoms with E-state index in [4.69, 9.17) is 0 Å². The van der Waals surface area contributed by atoms with Gasteiger partial charge in [0.1, 0.15) is 0 Å². The monoisotopic (exact) mass is 227 g/mol. The van der Waals surface area contributed by atoms with Crippen LogP contribution in [0.4, 0.5) is 5.95 Å². The second-order valence-electron chi connectivity index (χ2n) is 4.16. The summed E-state index contributed by atoms with van der Waals surface area (Å²) in [6.07, 6.45) is 3.63. The van der Waals surface area contributed by atoms with Gasteiger partial charge in [-0.2, -0.15) is 0 Å². The molecule has 0 bridgehead atoms. The summed E-state index contributed by atoms with van der Waals surface area (Å²) in [6, 6.07) is 9.71. The van der Waals surface area contributed by atoms with E-state index < -0.39 is 6.10 Å². The minimum absolute atomic E-state index is 0.117. The highest BCUT2D eigenvalue weighted by atomic mass is 16.3. The van der Waals surface area contributed by atoms with E-state index in [0.717, 1.165) is 5.56 Å². The van der Waals surface area contributed by atoms with Crippen molar-refractivity contribution < 1.29 is 5.11 Å². The van der Waals surface area contributed by atoms with Crippen molar-refractivity contribution >= 4 is 5.95 Å². The summed E-state index contributed by atoms with van der Waals surface area (Å²) in [5, 5.41) is 13.2. The Morgan fingerprint density at radius 3 is 2.71 bits per heavy atom. The molecule has 0 saturated heterocycles. The van der Waals surface area contributed by atoms with Crippen molar-refractivity contribution in [3.05, 3.63) is 53.9 Å². The topological polar surface area (TPSA) is 58.0 Å². The number of aromatic nitrogens is 2. The highest BCUT2D eigenvalue weighted by molar-refractivity contribution is 5.42. The van der Waals surface area contributed by atoms with Crippen LogP contribution in [0.25, 0.3) is 0 Å². The maximum absolute atomic E-state index is 10.1. The van der Waals surface area contributed by atoms with Crippen LogP contribution in [0, 0.1) is 0 Å². The van der Waals surface area contributed by atoms with Gasteiger partial charge in [-0.05, 0) is 17.2 Å². The molecule has 0 unspecified atom stereocenters. The van der Waals surface area contributed by atoms with Crippen molar-refractivity contribution in [1.29, 1.82) is 0 Å². The Morgan fingerprint density at radius 2 is 1.88 bits per heavy atom. The third kappa shape index (κ3) is 1.87. The summed E-state index contributed by atoms with van der Waals surface area (Å²) in [6.45, 7) is 0. The number of aliphatic hydroxyl groups is 1. The summed E-state index contributed by atoms with van der Waals surface area (Å²) in [7, 11) is 0. The summed E-state index contributed by atoms with van der Waals surface area (Å²) >= 11 is 0. The van der Waals surface area contributed by atoms with Crippen LogP contribution < -0.4 is 5.32 Å². The predicted octanol–water partition coefficient (Wildman–Crippen LogP) is 1.55. The molecule has 4 nitrogen and oxygen atoms in total. The maximum Gasteiger partial charge on any atom is 0.223 e. The molecule has 0 fully saturated rings. The number of nitrogens with one attached hydrogen (secondary N) is 1. The number of benzene rings is 1. The van der Waals surface area contributed by atoms with Crippen LogP contribution in [0.15, 0.2) is 42.7 Å². The first-order chi connectivity index (χ1) is 8.34. The first kappa shape index (κ1) is 10.2. The number of hydrogen-bond donors (Lipinski definition) is 2. The lowest BCUT2D eigenvalue weighted by atomic mass is 10.1. The third-order valence-electron chi connectivity index (χ3n) is 3.05. The average molecular weight is 227 g/mol. The van der Waals surface area contributed by atoms with Gasteiger partial charge in [0.2, 0.25) is 5.95 Å². The first-order valence-electron chi connectivity index (χ1n) is 5.64. The van der Waals surface area contributed by atoms with E-state index in [2.05, 4.69) is 15.3 Å². The van der Waals surface area contributed by atoms with Crippen LogP contribution in [-0.4, -0.2) is 21.2 Å². The molecule has 0 spiro atoms. The normalized spacial score (nSPS) is 22.2. The number of nitrogens with zero attached hydrogens (tertiary/aromatic N) is 2. The lowest BCUT2D eigenvalue weighted by molar-refractivity contribution is 0.165. The number of rotatable bonds is 2. The van der Waals surface area contributed by atoms with E-state index in [0.29, 0.717) is 12.4 Å². The Hall–Kier alpha value is -1.94. The van der Waals surface area contributed by atoms with Crippen LogP contribution in [-0.2, 0) is 6.42 Å². The highest BCUT2D eigenvalue weighted by Crippen LogP contribution is 2.33. The molecule has 1 aliphatic rings. The van der Waals surface area contributed by atoms with Gasteiger partial charge in [0, 0.05) is 18.8 Å². The molecule has 0 saturated carbocycles. The van der Waals surface area contributed by atoms with Gasteiger partial charge < -0.3 is 10.4 Å². The fraction of sp³-hybridized carbons (Fsp3) is 0.231. The largest absolute Gasteiger partial charge is 0.390 e. The minimum Gasteiger partial charge on any atom is -0.390 e. The lowest BCUT2D eigenvalue weighted by Gasteiger charge is -2.17. The zero-order chi connectivity index (χ0) is 11.7. The SMILES string of the molecule is O[C@@H]1Cc2ccccc2[C@@H]1Nc1ncccn1. The Morgan fingerprint density at radius 1 is 1.12 bits per heavy atom.